The van der Waals surface area contributed by atoms with Crippen LogP contribution >= 0.6 is 0 Å². The summed E-state index contributed by atoms with van der Waals surface area (Å²) in [7, 11) is 3.54. The number of amides is 2. The van der Waals surface area contributed by atoms with Gasteiger partial charge in [-0.1, -0.05) is 77.2 Å². The standard InChI is InChI=1S/C8H15NO.C7H15NO.C6H12O.2CH4/c1-8(2,3)7(10)9-5-4-6-9;1-7(2,3)6(9)8(4)5;1-5(7)6(2,3)4;;/h4-6H2,1-3H3;1-5H3;1-4H3;2*1H4. The van der Waals surface area contributed by atoms with Crippen LogP contribution in [-0.2, 0) is 14.4 Å². The van der Waals surface area contributed by atoms with Gasteiger partial charge in [0.1, 0.15) is 5.78 Å². The minimum atomic E-state index is -0.233. The Bertz CT molecular complexity index is 472. The first kappa shape index (κ1) is 34.1. The van der Waals surface area contributed by atoms with Crippen molar-refractivity contribution in [1.29, 1.82) is 0 Å². The molecule has 0 spiro atoms. The molecule has 1 fully saturated rings. The molecule has 5 nitrogen and oxygen atoms in total. The summed E-state index contributed by atoms with van der Waals surface area (Å²) in [6.07, 6.45) is 1.18. The van der Waals surface area contributed by atoms with Gasteiger partial charge in [-0.3, -0.25) is 14.4 Å². The maximum Gasteiger partial charge on any atom is 0.227 e. The average molecular weight is 403 g/mol. The second-order valence-electron chi connectivity index (χ2n) is 10.2. The molecule has 0 aromatic heterocycles. The highest BCUT2D eigenvalue weighted by molar-refractivity contribution is 5.82. The average Bonchev–Trinajstić information content (AvgIpc) is 2.33. The van der Waals surface area contributed by atoms with Crippen LogP contribution in [0, 0.1) is 16.2 Å². The summed E-state index contributed by atoms with van der Waals surface area (Å²) in [4.78, 5) is 36.5. The first-order chi connectivity index (χ1) is 11.3. The predicted molar refractivity (Wildman–Crippen MR) is 122 cm³/mol. The van der Waals surface area contributed by atoms with E-state index < -0.39 is 0 Å². The maximum absolute atomic E-state index is 11.4. The Morgan fingerprint density at radius 1 is 0.714 bits per heavy atom. The molecule has 1 saturated heterocycles. The number of carbonyl (C=O) groups is 3. The van der Waals surface area contributed by atoms with E-state index in [9.17, 15) is 14.4 Å². The number of nitrogens with zero attached hydrogens (tertiary/aromatic N) is 2. The van der Waals surface area contributed by atoms with Crippen molar-refractivity contribution in [1.82, 2.24) is 9.80 Å². The molecule has 1 rings (SSSR count). The van der Waals surface area contributed by atoms with Gasteiger partial charge in [-0.2, -0.15) is 0 Å². The van der Waals surface area contributed by atoms with Crippen LogP contribution in [-0.4, -0.2) is 54.6 Å². The van der Waals surface area contributed by atoms with Crippen LogP contribution in [0.2, 0.25) is 0 Å². The minimum Gasteiger partial charge on any atom is -0.348 e. The van der Waals surface area contributed by atoms with E-state index in [1.165, 1.54) is 6.42 Å². The third-order valence-corrected chi connectivity index (χ3v) is 3.89. The van der Waals surface area contributed by atoms with Crippen molar-refractivity contribution in [3.05, 3.63) is 0 Å². The first-order valence-corrected chi connectivity index (χ1v) is 9.34. The Balaban J connectivity index is -0.000000151. The van der Waals surface area contributed by atoms with Gasteiger partial charge in [-0.25, -0.2) is 0 Å². The molecule has 1 aliphatic rings. The van der Waals surface area contributed by atoms with E-state index in [0.29, 0.717) is 5.91 Å². The topological polar surface area (TPSA) is 57.7 Å². The quantitative estimate of drug-likeness (QED) is 0.554. The summed E-state index contributed by atoms with van der Waals surface area (Å²) in [5.41, 5.74) is -0.552. The van der Waals surface area contributed by atoms with Crippen molar-refractivity contribution in [2.24, 2.45) is 16.2 Å². The van der Waals surface area contributed by atoms with Gasteiger partial charge in [-0.05, 0) is 13.3 Å². The van der Waals surface area contributed by atoms with E-state index in [1.54, 1.807) is 25.9 Å². The fraction of sp³-hybridized carbons (Fsp3) is 0.870. The third-order valence-electron chi connectivity index (χ3n) is 3.89. The van der Waals surface area contributed by atoms with Gasteiger partial charge in [0.2, 0.25) is 11.8 Å². The molecule has 0 radical (unpaired) electrons. The Labute approximate surface area is 176 Å². The van der Waals surface area contributed by atoms with Crippen LogP contribution < -0.4 is 0 Å². The molecular formula is C23H50N2O3. The Hall–Kier alpha value is -1.39. The van der Waals surface area contributed by atoms with Crippen molar-refractivity contribution in [3.63, 3.8) is 0 Å². The summed E-state index contributed by atoms with van der Waals surface area (Å²) in [5.74, 6) is 0.703. The second-order valence-corrected chi connectivity index (χ2v) is 10.2. The molecule has 0 bridgehead atoms. The van der Waals surface area contributed by atoms with Gasteiger partial charge < -0.3 is 9.80 Å². The predicted octanol–water partition coefficient (Wildman–Crippen LogP) is 5.28. The molecular weight excluding hydrogens is 352 g/mol. The van der Waals surface area contributed by atoms with Gasteiger partial charge in [0.05, 0.1) is 0 Å². The maximum atomic E-state index is 11.4. The zero-order valence-corrected chi connectivity index (χ0v) is 19.2. The molecule has 2 amide bonds. The van der Waals surface area contributed by atoms with E-state index in [0.717, 1.165) is 13.1 Å². The Morgan fingerprint density at radius 3 is 1.07 bits per heavy atom. The van der Waals surface area contributed by atoms with Crippen molar-refractivity contribution in [2.45, 2.75) is 90.5 Å². The van der Waals surface area contributed by atoms with Crippen LogP contribution in [0.15, 0.2) is 0 Å². The fourth-order valence-corrected chi connectivity index (χ4v) is 1.66. The molecule has 28 heavy (non-hydrogen) atoms. The normalized spacial score (nSPS) is 13.1. The lowest BCUT2D eigenvalue weighted by molar-refractivity contribution is -0.143. The lowest BCUT2D eigenvalue weighted by atomic mass is 9.92. The van der Waals surface area contributed by atoms with E-state index in [1.807, 2.05) is 67.2 Å². The summed E-state index contributed by atoms with van der Waals surface area (Å²) in [6.45, 7) is 20.9. The second kappa shape index (κ2) is 12.9. The molecule has 0 saturated carbocycles. The number of hydrogen-bond acceptors (Lipinski definition) is 3. The highest BCUT2D eigenvalue weighted by atomic mass is 16.2. The third kappa shape index (κ3) is 14.6. The van der Waals surface area contributed by atoms with E-state index in [4.69, 9.17) is 0 Å². The molecule has 0 aromatic carbocycles. The van der Waals surface area contributed by atoms with Crippen LogP contribution in [0.5, 0.6) is 0 Å². The highest BCUT2D eigenvalue weighted by Gasteiger charge is 2.30. The van der Waals surface area contributed by atoms with Gasteiger partial charge >= 0.3 is 0 Å². The highest BCUT2D eigenvalue weighted by Crippen LogP contribution is 2.20. The lowest BCUT2D eigenvalue weighted by Crippen LogP contribution is -2.47. The van der Waals surface area contributed by atoms with Gasteiger partial charge in [0.15, 0.2) is 0 Å². The SMILES string of the molecule is C.C.CC(=O)C(C)(C)C.CC(C)(C)C(=O)N1CCC1.CN(C)C(=O)C(C)(C)C. The summed E-state index contributed by atoms with van der Waals surface area (Å²) < 4.78 is 0. The molecule has 0 aliphatic carbocycles. The number of rotatable bonds is 0. The van der Waals surface area contributed by atoms with Crippen molar-refractivity contribution in [3.8, 4) is 0 Å². The van der Waals surface area contributed by atoms with Crippen LogP contribution in [0.4, 0.5) is 0 Å². The number of ketones is 1. The van der Waals surface area contributed by atoms with Gasteiger partial charge in [0, 0.05) is 43.4 Å². The number of Topliss-reactive ketones (excluding diaryl/α,β-unsaturated/α-hetero) is 1. The molecule has 1 heterocycles. The molecule has 0 unspecified atom stereocenters. The molecule has 1 aliphatic heterocycles. The van der Waals surface area contributed by atoms with E-state index >= 15 is 0 Å². The van der Waals surface area contributed by atoms with Crippen LogP contribution in [0.25, 0.3) is 0 Å². The van der Waals surface area contributed by atoms with E-state index in [2.05, 4.69) is 0 Å². The molecule has 0 aromatic rings. The summed E-state index contributed by atoms with van der Waals surface area (Å²) >= 11 is 0. The van der Waals surface area contributed by atoms with Crippen molar-refractivity contribution < 1.29 is 14.4 Å². The molecule has 0 atom stereocenters. The Kier molecular flexibility index (Phi) is 15.8. The number of likely N-dealkylation sites (tertiary alicyclic amines) is 1. The zero-order chi connectivity index (χ0) is 21.5. The zero-order valence-electron chi connectivity index (χ0n) is 19.2. The Morgan fingerprint density at radius 2 is 1.04 bits per heavy atom. The molecule has 5 heteroatoms. The van der Waals surface area contributed by atoms with Gasteiger partial charge in [-0.15, -0.1) is 0 Å². The van der Waals surface area contributed by atoms with Crippen molar-refractivity contribution in [2.75, 3.05) is 27.2 Å². The van der Waals surface area contributed by atoms with Gasteiger partial charge in [0.25, 0.3) is 0 Å². The summed E-state index contributed by atoms with van der Waals surface area (Å²) in [5, 5.41) is 0. The monoisotopic (exact) mass is 402 g/mol. The molecule has 0 N–H and O–H groups in total. The lowest BCUT2D eigenvalue weighted by Gasteiger charge is -2.35. The molecule has 170 valence electrons. The van der Waals surface area contributed by atoms with Crippen LogP contribution in [0.1, 0.15) is 90.5 Å². The first-order valence-electron chi connectivity index (χ1n) is 9.34. The number of carbonyl (C=O) groups excluding carboxylic acids is 3. The van der Waals surface area contributed by atoms with Crippen LogP contribution in [0.3, 0.4) is 0 Å². The number of hydrogen-bond donors (Lipinski definition) is 0. The largest absolute Gasteiger partial charge is 0.348 e. The van der Waals surface area contributed by atoms with Crippen molar-refractivity contribution >= 4 is 17.6 Å². The minimum absolute atomic E-state index is 0. The smallest absolute Gasteiger partial charge is 0.227 e. The summed E-state index contributed by atoms with van der Waals surface area (Å²) in [6, 6.07) is 0. The fourth-order valence-electron chi connectivity index (χ4n) is 1.66. The van der Waals surface area contributed by atoms with E-state index in [-0.39, 0.29) is 42.8 Å².